The Bertz CT molecular complexity index is 3510. The van der Waals surface area contributed by atoms with E-state index in [0.717, 1.165) is 101 Å². The van der Waals surface area contributed by atoms with Crippen molar-refractivity contribution in [1.29, 1.82) is 0 Å². The number of hydrogen-bond donors (Lipinski definition) is 0. The van der Waals surface area contributed by atoms with E-state index >= 15 is 0 Å². The van der Waals surface area contributed by atoms with Gasteiger partial charge in [-0.25, -0.2) is 9.98 Å². The van der Waals surface area contributed by atoms with Gasteiger partial charge in [0.05, 0.1) is 22.5 Å². The zero-order valence-electron chi connectivity index (χ0n) is 40.0. The molecular weight excluding hydrogens is 845 g/mol. The van der Waals surface area contributed by atoms with E-state index in [0.29, 0.717) is 11.8 Å². The molecule has 7 aromatic carbocycles. The summed E-state index contributed by atoms with van der Waals surface area (Å²) in [6, 6.07) is 57.1. The maximum atomic E-state index is 6.72. The van der Waals surface area contributed by atoms with E-state index in [-0.39, 0.29) is 0 Å². The van der Waals surface area contributed by atoms with Crippen LogP contribution in [-0.2, 0) is 5.41 Å². The molecular formula is C63H54N4O2. The minimum Gasteiger partial charge on any atom is -0.436 e. The van der Waals surface area contributed by atoms with Crippen LogP contribution in [0.15, 0.2) is 220 Å². The molecule has 1 aliphatic carbocycles. The summed E-state index contributed by atoms with van der Waals surface area (Å²) in [6.07, 6.45) is 11.3. The fourth-order valence-electron chi connectivity index (χ4n) is 10.5. The molecule has 69 heavy (non-hydrogen) atoms. The summed E-state index contributed by atoms with van der Waals surface area (Å²) in [7, 11) is 0. The summed E-state index contributed by atoms with van der Waals surface area (Å²) < 4.78 is 13.3. The molecule has 338 valence electrons. The number of aliphatic imine (C=N–C) groups is 2. The lowest BCUT2D eigenvalue weighted by atomic mass is 9.67. The highest BCUT2D eigenvalue weighted by molar-refractivity contribution is 6.12. The predicted octanol–water partition coefficient (Wildman–Crippen LogP) is 17.5. The Hall–Kier alpha value is -8.48. The Morgan fingerprint density at radius 3 is 1.80 bits per heavy atom. The molecule has 0 unspecified atom stereocenters. The SMILES string of the molecule is C=C/C=C(\C=C)N(/C(=C/C)c1oc(N=CC)c(C)c1C)c1ccc2c(c1)C(c1ccccc1)(c1ccccc1)c1cc(N(c3ccccc3)c3cccc4c(C)c(N=CC)oc34)c3ccccc3c1-2. The van der Waals surface area contributed by atoms with Gasteiger partial charge in [0.15, 0.2) is 11.3 Å². The first-order chi connectivity index (χ1) is 33.8. The monoisotopic (exact) mass is 898 g/mol. The van der Waals surface area contributed by atoms with E-state index in [4.69, 9.17) is 8.83 Å². The van der Waals surface area contributed by atoms with Crippen LogP contribution in [0.5, 0.6) is 0 Å². The van der Waals surface area contributed by atoms with E-state index in [2.05, 4.69) is 218 Å². The van der Waals surface area contributed by atoms with E-state index in [9.17, 15) is 0 Å². The van der Waals surface area contributed by atoms with Crippen molar-refractivity contribution in [2.75, 3.05) is 9.80 Å². The quantitative estimate of drug-likeness (QED) is 0.0854. The van der Waals surface area contributed by atoms with Gasteiger partial charge in [-0.2, -0.15) is 0 Å². The zero-order chi connectivity index (χ0) is 47.8. The van der Waals surface area contributed by atoms with Crippen LogP contribution in [-0.4, -0.2) is 12.4 Å². The minimum atomic E-state index is -0.793. The van der Waals surface area contributed by atoms with Crippen molar-refractivity contribution in [3.8, 4) is 11.1 Å². The van der Waals surface area contributed by atoms with E-state index in [1.807, 2.05) is 32.9 Å². The van der Waals surface area contributed by atoms with Crippen molar-refractivity contribution in [3.05, 3.63) is 246 Å². The summed E-state index contributed by atoms with van der Waals surface area (Å²) in [6.45, 7) is 20.6. The van der Waals surface area contributed by atoms with E-state index < -0.39 is 5.41 Å². The Morgan fingerprint density at radius 1 is 0.565 bits per heavy atom. The first-order valence-corrected chi connectivity index (χ1v) is 23.5. The summed E-state index contributed by atoms with van der Waals surface area (Å²) in [5, 5.41) is 3.27. The average Bonchev–Trinajstić information content (AvgIpc) is 3.98. The zero-order valence-corrected chi connectivity index (χ0v) is 40.0. The van der Waals surface area contributed by atoms with Crippen LogP contribution in [0, 0.1) is 20.8 Å². The molecule has 0 amide bonds. The third-order valence-electron chi connectivity index (χ3n) is 13.6. The molecule has 0 fully saturated rings. The molecule has 0 spiro atoms. The maximum absolute atomic E-state index is 6.72. The average molecular weight is 899 g/mol. The third kappa shape index (κ3) is 7.10. The van der Waals surface area contributed by atoms with Gasteiger partial charge in [-0.15, -0.1) is 0 Å². The predicted molar refractivity (Wildman–Crippen MR) is 291 cm³/mol. The van der Waals surface area contributed by atoms with Crippen LogP contribution in [0.2, 0.25) is 0 Å². The lowest BCUT2D eigenvalue weighted by Gasteiger charge is -2.36. The van der Waals surface area contributed by atoms with E-state index in [1.165, 1.54) is 11.1 Å². The minimum absolute atomic E-state index is 0.592. The van der Waals surface area contributed by atoms with Crippen molar-refractivity contribution in [2.45, 2.75) is 47.0 Å². The van der Waals surface area contributed by atoms with Crippen LogP contribution in [0.25, 0.3) is 38.6 Å². The number of benzene rings is 7. The van der Waals surface area contributed by atoms with Crippen molar-refractivity contribution in [2.24, 2.45) is 9.98 Å². The molecule has 2 heterocycles. The summed E-state index contributed by atoms with van der Waals surface area (Å²) in [4.78, 5) is 13.8. The third-order valence-corrected chi connectivity index (χ3v) is 13.6. The number of anilines is 4. The van der Waals surface area contributed by atoms with Gasteiger partial charge in [0, 0.05) is 57.0 Å². The Balaban J connectivity index is 1.33. The van der Waals surface area contributed by atoms with Crippen molar-refractivity contribution < 1.29 is 8.83 Å². The second kappa shape index (κ2) is 18.3. The molecule has 6 nitrogen and oxygen atoms in total. The lowest BCUT2D eigenvalue weighted by Crippen LogP contribution is -2.29. The molecule has 0 aliphatic heterocycles. The Kier molecular flexibility index (Phi) is 11.8. The van der Waals surface area contributed by atoms with Gasteiger partial charge >= 0.3 is 0 Å². The van der Waals surface area contributed by atoms with Gasteiger partial charge in [0.2, 0.25) is 11.8 Å². The highest BCUT2D eigenvalue weighted by atomic mass is 16.4. The number of rotatable bonds is 13. The second-order valence-corrected chi connectivity index (χ2v) is 17.2. The number of allylic oxidation sites excluding steroid dienone is 4. The molecule has 6 heteroatoms. The van der Waals surface area contributed by atoms with Gasteiger partial charge in [-0.1, -0.05) is 147 Å². The lowest BCUT2D eigenvalue weighted by molar-refractivity contribution is 0.558. The van der Waals surface area contributed by atoms with Gasteiger partial charge < -0.3 is 18.6 Å². The molecule has 2 aromatic heterocycles. The molecule has 0 N–H and O–H groups in total. The largest absolute Gasteiger partial charge is 0.436 e. The Morgan fingerprint density at radius 2 is 1.17 bits per heavy atom. The van der Waals surface area contributed by atoms with Gasteiger partial charge in [-0.3, -0.25) is 0 Å². The first kappa shape index (κ1) is 44.4. The van der Waals surface area contributed by atoms with Crippen molar-refractivity contribution >= 4 is 74.4 Å². The number of para-hydroxylation sites is 2. The fraction of sp³-hybridized carbons (Fsp3) is 0.111. The van der Waals surface area contributed by atoms with Crippen LogP contribution in [0.4, 0.5) is 34.5 Å². The van der Waals surface area contributed by atoms with Gasteiger partial charge in [-0.05, 0) is 129 Å². The van der Waals surface area contributed by atoms with Gasteiger partial charge in [0.25, 0.3) is 0 Å². The summed E-state index contributed by atoms with van der Waals surface area (Å²) in [5.74, 6) is 1.94. The molecule has 0 saturated heterocycles. The number of aryl methyl sites for hydroxylation is 1. The van der Waals surface area contributed by atoms with Crippen LogP contribution in [0.1, 0.15) is 65.5 Å². The second-order valence-electron chi connectivity index (χ2n) is 17.2. The van der Waals surface area contributed by atoms with Crippen LogP contribution < -0.4 is 9.80 Å². The van der Waals surface area contributed by atoms with Gasteiger partial charge in [0.1, 0.15) is 0 Å². The molecule has 0 saturated carbocycles. The summed E-state index contributed by atoms with van der Waals surface area (Å²) >= 11 is 0. The molecule has 1 aliphatic rings. The molecule has 9 aromatic rings. The number of hydrogen-bond acceptors (Lipinski definition) is 6. The Labute approximate surface area is 404 Å². The van der Waals surface area contributed by atoms with Crippen LogP contribution in [0.3, 0.4) is 0 Å². The number of fused-ring (bicyclic) bond motifs is 6. The highest BCUT2D eigenvalue weighted by Crippen LogP contribution is 2.61. The smallest absolute Gasteiger partial charge is 0.222 e. The standard InChI is InChI=1S/C63H54N4O2/c1-9-26-46(10-2)66(55(11-3)59-41(6)42(7)61(68-59)64-12-4)48-37-38-52-53(39-48)63(44-27-17-14-18-28-44,45-29-19-15-20-30-45)54-40-57(50-33-23-24-34-51(50)58(52)54)67(47-31-21-16-22-32-47)56-36-25-35-49-43(8)62(65-13-5)69-60(49)56/h9-40H,1-2H2,3-8H3/b46-26+,55-11+,64-12?,65-13?. The van der Waals surface area contributed by atoms with Crippen molar-refractivity contribution in [3.63, 3.8) is 0 Å². The fourth-order valence-corrected chi connectivity index (χ4v) is 10.5. The van der Waals surface area contributed by atoms with Crippen LogP contribution >= 0.6 is 0 Å². The molecule has 0 bridgehead atoms. The number of nitrogens with zero attached hydrogens (tertiary/aromatic N) is 4. The highest BCUT2D eigenvalue weighted by Gasteiger charge is 2.48. The normalized spacial score (nSPS) is 13.4. The summed E-state index contributed by atoms with van der Waals surface area (Å²) in [5.41, 5.74) is 15.5. The molecule has 0 atom stereocenters. The maximum Gasteiger partial charge on any atom is 0.222 e. The topological polar surface area (TPSA) is 57.5 Å². The molecule has 0 radical (unpaired) electrons. The van der Waals surface area contributed by atoms with Crippen molar-refractivity contribution in [1.82, 2.24) is 0 Å². The van der Waals surface area contributed by atoms with E-state index in [1.54, 1.807) is 18.5 Å². The first-order valence-electron chi connectivity index (χ1n) is 23.5. The molecule has 10 rings (SSSR count). The number of furan rings is 2.